The lowest BCUT2D eigenvalue weighted by Crippen LogP contribution is -2.20. The van der Waals surface area contributed by atoms with Crippen LogP contribution in [0.15, 0.2) is 16.6 Å². The van der Waals surface area contributed by atoms with Crippen molar-refractivity contribution in [2.24, 2.45) is 5.92 Å². The van der Waals surface area contributed by atoms with Gasteiger partial charge < -0.3 is 5.11 Å². The van der Waals surface area contributed by atoms with Gasteiger partial charge in [-0.3, -0.25) is 4.98 Å². The van der Waals surface area contributed by atoms with E-state index in [1.54, 1.807) is 0 Å². The highest BCUT2D eigenvalue weighted by Gasteiger charge is 2.29. The molecule has 1 aromatic heterocycles. The predicted octanol–water partition coefficient (Wildman–Crippen LogP) is 4.52. The largest absolute Gasteiger partial charge is 0.478 e. The number of nitrogens with zero attached hydrogens (tertiary/aromatic N) is 1. The molecule has 0 aliphatic heterocycles. The predicted molar refractivity (Wildman–Crippen MR) is 82.3 cm³/mol. The average Bonchev–Trinajstić information content (AvgIpc) is 2.37. The molecule has 2 unspecified atom stereocenters. The lowest BCUT2D eigenvalue weighted by atomic mass is 9.78. The molecule has 110 valence electrons. The number of carboxylic acids is 1. The lowest BCUT2D eigenvalue weighted by molar-refractivity contribution is 0.0696. The summed E-state index contributed by atoms with van der Waals surface area (Å²) in [6.07, 6.45) is 1.69. The van der Waals surface area contributed by atoms with Gasteiger partial charge in [-0.25, -0.2) is 9.18 Å². The molecule has 1 aliphatic rings. The van der Waals surface area contributed by atoms with Crippen LogP contribution < -0.4 is 0 Å². The van der Waals surface area contributed by atoms with Crippen LogP contribution in [0.4, 0.5) is 4.39 Å². The molecule has 1 N–H and O–H groups in total. The van der Waals surface area contributed by atoms with Gasteiger partial charge in [0.1, 0.15) is 5.82 Å². The number of pyridine rings is 1. The van der Waals surface area contributed by atoms with Crippen molar-refractivity contribution in [1.29, 1.82) is 0 Å². The van der Waals surface area contributed by atoms with Crippen molar-refractivity contribution in [1.82, 2.24) is 4.98 Å². The van der Waals surface area contributed by atoms with Gasteiger partial charge in [-0.15, -0.1) is 0 Å². The van der Waals surface area contributed by atoms with Crippen LogP contribution >= 0.6 is 15.9 Å². The van der Waals surface area contributed by atoms with Crippen molar-refractivity contribution in [2.45, 2.75) is 32.6 Å². The fourth-order valence-corrected chi connectivity index (χ4v) is 3.72. The summed E-state index contributed by atoms with van der Waals surface area (Å²) in [5.74, 6) is -0.795. The maximum atomic E-state index is 13.7. The van der Waals surface area contributed by atoms with Crippen LogP contribution in [-0.2, 0) is 6.42 Å². The van der Waals surface area contributed by atoms with Gasteiger partial charge in [0.15, 0.2) is 0 Å². The molecule has 0 radical (unpaired) electrons. The van der Waals surface area contributed by atoms with Gasteiger partial charge in [0, 0.05) is 17.1 Å². The van der Waals surface area contributed by atoms with Gasteiger partial charge >= 0.3 is 5.97 Å². The number of benzene rings is 1. The molecule has 0 saturated carbocycles. The van der Waals surface area contributed by atoms with E-state index in [2.05, 4.69) is 27.8 Å². The molecule has 0 saturated heterocycles. The topological polar surface area (TPSA) is 50.2 Å². The van der Waals surface area contributed by atoms with E-state index in [-0.39, 0.29) is 16.0 Å². The third-order valence-corrected chi connectivity index (χ3v) is 4.76. The Balaban J connectivity index is 2.42. The maximum absolute atomic E-state index is 13.7. The number of fused-ring (bicyclic) bond motifs is 2. The number of rotatable bonds is 1. The number of hydrogen-bond acceptors (Lipinski definition) is 2. The zero-order valence-electron chi connectivity index (χ0n) is 11.8. The summed E-state index contributed by atoms with van der Waals surface area (Å²) in [7, 11) is 0. The number of aromatic nitrogens is 1. The summed E-state index contributed by atoms with van der Waals surface area (Å²) in [5, 5.41) is 10.1. The van der Waals surface area contributed by atoms with Gasteiger partial charge in [0.05, 0.1) is 15.6 Å². The first-order chi connectivity index (χ1) is 9.88. The highest BCUT2D eigenvalue weighted by atomic mass is 79.9. The maximum Gasteiger partial charge on any atom is 0.336 e. The minimum atomic E-state index is -0.974. The number of halogens is 2. The van der Waals surface area contributed by atoms with Crippen LogP contribution in [0.2, 0.25) is 0 Å². The normalized spacial score (nSPS) is 21.3. The molecule has 21 heavy (non-hydrogen) atoms. The Hall–Kier alpha value is -1.49. The summed E-state index contributed by atoms with van der Waals surface area (Å²) < 4.78 is 14.0. The summed E-state index contributed by atoms with van der Waals surface area (Å²) in [4.78, 5) is 16.3. The van der Waals surface area contributed by atoms with Crippen molar-refractivity contribution in [3.63, 3.8) is 0 Å². The van der Waals surface area contributed by atoms with E-state index in [4.69, 9.17) is 0 Å². The molecule has 1 aromatic carbocycles. The Bertz CT molecular complexity index is 760. The zero-order chi connectivity index (χ0) is 15.3. The van der Waals surface area contributed by atoms with E-state index >= 15 is 0 Å². The first-order valence-electron chi connectivity index (χ1n) is 6.93. The molecule has 2 aromatic rings. The summed E-state index contributed by atoms with van der Waals surface area (Å²) in [6.45, 7) is 4.17. The third-order valence-electron chi connectivity index (χ3n) is 4.15. The van der Waals surface area contributed by atoms with Crippen molar-refractivity contribution >= 4 is 32.8 Å². The van der Waals surface area contributed by atoms with Gasteiger partial charge in [0.2, 0.25) is 0 Å². The molecule has 2 atom stereocenters. The zero-order valence-corrected chi connectivity index (χ0v) is 13.4. The fraction of sp³-hybridized carbons (Fsp3) is 0.375. The van der Waals surface area contributed by atoms with E-state index in [1.165, 1.54) is 12.1 Å². The molecule has 0 fully saturated rings. The molecule has 3 rings (SSSR count). The van der Waals surface area contributed by atoms with E-state index in [9.17, 15) is 14.3 Å². The van der Waals surface area contributed by atoms with Crippen LogP contribution in [0.3, 0.4) is 0 Å². The van der Waals surface area contributed by atoms with Gasteiger partial charge in [-0.2, -0.15) is 0 Å². The van der Waals surface area contributed by atoms with Crippen LogP contribution in [-0.4, -0.2) is 16.1 Å². The SMILES string of the molecule is CC1Cc2nc3cc(F)c(Br)cc3c(C(=O)O)c2C(C)C1. The Labute approximate surface area is 130 Å². The summed E-state index contributed by atoms with van der Waals surface area (Å²) >= 11 is 3.12. The second-order valence-electron chi connectivity index (χ2n) is 5.88. The quantitative estimate of drug-likeness (QED) is 0.821. The first-order valence-corrected chi connectivity index (χ1v) is 7.72. The highest BCUT2D eigenvalue weighted by molar-refractivity contribution is 9.10. The first kappa shape index (κ1) is 14.4. The monoisotopic (exact) mass is 351 g/mol. The molecule has 0 amide bonds. The van der Waals surface area contributed by atoms with E-state index in [0.717, 1.165) is 24.1 Å². The van der Waals surface area contributed by atoms with Crippen LogP contribution in [0.1, 0.15) is 47.8 Å². The Morgan fingerprint density at radius 2 is 2.14 bits per heavy atom. The second kappa shape index (κ2) is 5.05. The second-order valence-corrected chi connectivity index (χ2v) is 6.74. The van der Waals surface area contributed by atoms with E-state index in [1.807, 2.05) is 6.92 Å². The molecule has 5 heteroatoms. The molecular formula is C16H15BrFNO2. The Morgan fingerprint density at radius 3 is 2.81 bits per heavy atom. The van der Waals surface area contributed by atoms with Crippen molar-refractivity contribution in [2.75, 3.05) is 0 Å². The number of carboxylic acid groups (broad SMARTS) is 1. The van der Waals surface area contributed by atoms with Gasteiger partial charge in [0.25, 0.3) is 0 Å². The smallest absolute Gasteiger partial charge is 0.336 e. The molecule has 0 spiro atoms. The number of aromatic carboxylic acids is 1. The van der Waals surface area contributed by atoms with Crippen molar-refractivity contribution in [3.8, 4) is 0 Å². The van der Waals surface area contributed by atoms with Gasteiger partial charge in [-0.05, 0) is 52.2 Å². The van der Waals surface area contributed by atoms with Crippen LogP contribution in [0.5, 0.6) is 0 Å². The average molecular weight is 352 g/mol. The molecular weight excluding hydrogens is 337 g/mol. The lowest BCUT2D eigenvalue weighted by Gasteiger charge is -2.28. The molecule has 1 heterocycles. The summed E-state index contributed by atoms with van der Waals surface area (Å²) in [5.41, 5.74) is 2.29. The number of carbonyl (C=O) groups is 1. The van der Waals surface area contributed by atoms with E-state index < -0.39 is 11.8 Å². The highest BCUT2D eigenvalue weighted by Crippen LogP contribution is 2.39. The molecule has 3 nitrogen and oxygen atoms in total. The van der Waals surface area contributed by atoms with E-state index in [0.29, 0.717) is 16.8 Å². The minimum absolute atomic E-state index is 0.149. The molecule has 1 aliphatic carbocycles. The van der Waals surface area contributed by atoms with Gasteiger partial charge in [-0.1, -0.05) is 13.8 Å². The van der Waals surface area contributed by atoms with Crippen molar-refractivity contribution in [3.05, 3.63) is 39.2 Å². The van der Waals surface area contributed by atoms with Crippen molar-refractivity contribution < 1.29 is 14.3 Å². The fourth-order valence-electron chi connectivity index (χ4n) is 3.38. The standard InChI is InChI=1S/C16H15BrFNO2/c1-7-3-8(2)14-13(4-7)19-12-6-11(18)10(17)5-9(12)15(14)16(20)21/h5-8H,3-4H2,1-2H3,(H,20,21). The molecule has 0 bridgehead atoms. The van der Waals surface area contributed by atoms with Crippen LogP contribution in [0, 0.1) is 11.7 Å². The number of hydrogen-bond donors (Lipinski definition) is 1. The van der Waals surface area contributed by atoms with Crippen LogP contribution in [0.25, 0.3) is 10.9 Å². The summed E-state index contributed by atoms with van der Waals surface area (Å²) in [6, 6.07) is 2.82. The third kappa shape index (κ3) is 2.33. The Kier molecular flexibility index (Phi) is 3.48. The Morgan fingerprint density at radius 1 is 1.43 bits per heavy atom. The minimum Gasteiger partial charge on any atom is -0.478 e.